The van der Waals surface area contributed by atoms with Gasteiger partial charge in [0.15, 0.2) is 0 Å². The molecule has 23 heavy (non-hydrogen) atoms. The van der Waals surface area contributed by atoms with E-state index in [0.29, 0.717) is 5.69 Å². The molecule has 4 nitrogen and oxygen atoms in total. The molecule has 2 rings (SSSR count). The van der Waals surface area contributed by atoms with E-state index in [4.69, 9.17) is 16.3 Å². The zero-order chi connectivity index (χ0) is 16.8. The maximum Gasteiger partial charge on any atom is 0.239 e. The molecule has 122 valence electrons. The minimum Gasteiger partial charge on any atom is -0.496 e. The molecule has 0 aliphatic carbocycles. The Kier molecular flexibility index (Phi) is 5.82. The molecule has 0 bridgehead atoms. The summed E-state index contributed by atoms with van der Waals surface area (Å²) in [4.78, 5) is 12.0. The predicted octanol–water partition coefficient (Wildman–Crippen LogP) is 3.78. The zero-order valence-corrected chi connectivity index (χ0v) is 13.7. The fourth-order valence-electron chi connectivity index (χ4n) is 2.18. The third kappa shape index (κ3) is 4.60. The summed E-state index contributed by atoms with van der Waals surface area (Å²) in [5.74, 6) is 0.0360. The number of hydrogen-bond acceptors (Lipinski definition) is 3. The van der Waals surface area contributed by atoms with E-state index in [1.54, 1.807) is 7.11 Å². The lowest BCUT2D eigenvalue weighted by molar-refractivity contribution is -0.120. The average molecular weight is 337 g/mol. The van der Waals surface area contributed by atoms with Crippen LogP contribution in [0.15, 0.2) is 42.5 Å². The van der Waals surface area contributed by atoms with Crippen molar-refractivity contribution in [1.82, 2.24) is 5.32 Å². The topological polar surface area (TPSA) is 50.4 Å². The smallest absolute Gasteiger partial charge is 0.239 e. The van der Waals surface area contributed by atoms with Gasteiger partial charge in [-0.2, -0.15) is 0 Å². The molecule has 0 radical (unpaired) electrons. The summed E-state index contributed by atoms with van der Waals surface area (Å²) in [7, 11) is 1.59. The Hall–Kier alpha value is -2.27. The molecule has 6 heteroatoms. The molecule has 0 aliphatic heterocycles. The van der Waals surface area contributed by atoms with Crippen molar-refractivity contribution in [3.05, 3.63) is 58.9 Å². The highest BCUT2D eigenvalue weighted by Crippen LogP contribution is 2.24. The maximum atomic E-state index is 13.1. The van der Waals surface area contributed by atoms with Crippen molar-refractivity contribution < 1.29 is 13.9 Å². The molecule has 1 unspecified atom stereocenters. The number of anilines is 1. The number of methoxy groups -OCH3 is 1. The van der Waals surface area contributed by atoms with Gasteiger partial charge in [0.2, 0.25) is 5.91 Å². The number of halogens is 2. The van der Waals surface area contributed by atoms with Crippen LogP contribution >= 0.6 is 11.6 Å². The summed E-state index contributed by atoms with van der Waals surface area (Å²) in [6, 6.07) is 11.5. The maximum absolute atomic E-state index is 13.1. The molecule has 0 aliphatic rings. The third-order valence-electron chi connectivity index (χ3n) is 3.36. The summed E-state index contributed by atoms with van der Waals surface area (Å²) in [6.45, 7) is 1.94. The quantitative estimate of drug-likeness (QED) is 0.844. The zero-order valence-electron chi connectivity index (χ0n) is 12.9. The lowest BCUT2D eigenvalue weighted by Gasteiger charge is -2.17. The number of carbonyl (C=O) groups is 1. The Bertz CT molecular complexity index is 694. The van der Waals surface area contributed by atoms with Gasteiger partial charge in [-0.15, -0.1) is 0 Å². The van der Waals surface area contributed by atoms with E-state index in [1.807, 2.05) is 31.2 Å². The summed E-state index contributed by atoms with van der Waals surface area (Å²) >= 11 is 5.70. The van der Waals surface area contributed by atoms with Crippen LogP contribution in [0.2, 0.25) is 5.02 Å². The molecule has 1 atom stereocenters. The average Bonchev–Trinajstić information content (AvgIpc) is 2.55. The molecular weight excluding hydrogens is 319 g/mol. The van der Waals surface area contributed by atoms with Crippen molar-refractivity contribution in [3.63, 3.8) is 0 Å². The lowest BCUT2D eigenvalue weighted by Crippen LogP contribution is -2.32. The first-order chi connectivity index (χ1) is 11.0. The summed E-state index contributed by atoms with van der Waals surface area (Å²) in [5.41, 5.74) is 1.48. The van der Waals surface area contributed by atoms with E-state index in [1.165, 1.54) is 18.2 Å². The van der Waals surface area contributed by atoms with Gasteiger partial charge in [-0.3, -0.25) is 4.79 Å². The molecule has 0 saturated carbocycles. The number of amides is 1. The first-order valence-corrected chi connectivity index (χ1v) is 7.50. The predicted molar refractivity (Wildman–Crippen MR) is 89.5 cm³/mol. The Morgan fingerprint density at radius 3 is 2.74 bits per heavy atom. The fraction of sp³-hybridized carbons (Fsp3) is 0.235. The molecule has 0 saturated heterocycles. The fourth-order valence-corrected chi connectivity index (χ4v) is 2.36. The number of nitrogens with one attached hydrogen (secondary N) is 2. The summed E-state index contributed by atoms with van der Waals surface area (Å²) in [5, 5.41) is 5.79. The monoisotopic (exact) mass is 336 g/mol. The van der Waals surface area contributed by atoms with Gasteiger partial charge < -0.3 is 15.4 Å². The number of carbonyl (C=O) groups excluding carboxylic acids is 1. The van der Waals surface area contributed by atoms with Crippen molar-refractivity contribution >= 4 is 23.2 Å². The minimum atomic E-state index is -0.494. The van der Waals surface area contributed by atoms with Gasteiger partial charge in [0.25, 0.3) is 0 Å². The second-order valence-electron chi connectivity index (χ2n) is 5.01. The molecule has 0 heterocycles. The summed E-state index contributed by atoms with van der Waals surface area (Å²) in [6.07, 6.45) is 0. The normalized spacial score (nSPS) is 11.7. The van der Waals surface area contributed by atoms with Crippen molar-refractivity contribution in [2.45, 2.75) is 13.0 Å². The summed E-state index contributed by atoms with van der Waals surface area (Å²) < 4.78 is 18.4. The molecule has 2 N–H and O–H groups in total. The molecule has 1 amide bonds. The van der Waals surface area contributed by atoms with Gasteiger partial charge in [0.05, 0.1) is 24.7 Å². The molecule has 0 aromatic heterocycles. The van der Waals surface area contributed by atoms with Crippen LogP contribution in [0.4, 0.5) is 10.1 Å². The minimum absolute atomic E-state index is 0.0119. The van der Waals surface area contributed by atoms with E-state index in [9.17, 15) is 9.18 Å². The van der Waals surface area contributed by atoms with Crippen LogP contribution < -0.4 is 15.4 Å². The Morgan fingerprint density at radius 1 is 1.30 bits per heavy atom. The third-order valence-corrected chi connectivity index (χ3v) is 3.65. The van der Waals surface area contributed by atoms with E-state index in [-0.39, 0.29) is 23.5 Å². The van der Waals surface area contributed by atoms with Crippen molar-refractivity contribution in [3.8, 4) is 5.75 Å². The highest BCUT2D eigenvalue weighted by Gasteiger charge is 2.13. The van der Waals surface area contributed by atoms with E-state index in [0.717, 1.165) is 11.3 Å². The number of para-hydroxylation sites is 1. The van der Waals surface area contributed by atoms with Crippen LogP contribution in [-0.4, -0.2) is 19.6 Å². The van der Waals surface area contributed by atoms with Crippen LogP contribution in [0.3, 0.4) is 0 Å². The van der Waals surface area contributed by atoms with Crippen LogP contribution in [0.1, 0.15) is 18.5 Å². The second-order valence-corrected chi connectivity index (χ2v) is 5.42. The largest absolute Gasteiger partial charge is 0.496 e. The highest BCUT2D eigenvalue weighted by molar-refractivity contribution is 6.31. The van der Waals surface area contributed by atoms with Gasteiger partial charge >= 0.3 is 0 Å². The standard InChI is InChI=1S/C17H18ClFN2O2/c1-11(13-5-3-4-6-16(13)23-2)21-17(22)10-20-12-7-8-15(19)14(18)9-12/h3-9,11,20H,10H2,1-2H3,(H,21,22). The molecule has 0 spiro atoms. The first kappa shape index (κ1) is 17.1. The molecule has 2 aromatic carbocycles. The Balaban J connectivity index is 1.92. The van der Waals surface area contributed by atoms with Crippen LogP contribution in [-0.2, 0) is 4.79 Å². The Morgan fingerprint density at radius 2 is 2.04 bits per heavy atom. The lowest BCUT2D eigenvalue weighted by atomic mass is 10.1. The van der Waals surface area contributed by atoms with E-state index >= 15 is 0 Å². The van der Waals surface area contributed by atoms with Gasteiger partial charge in [-0.05, 0) is 31.2 Å². The van der Waals surface area contributed by atoms with Crippen LogP contribution in [0, 0.1) is 5.82 Å². The van der Waals surface area contributed by atoms with Crippen LogP contribution in [0.25, 0.3) is 0 Å². The first-order valence-electron chi connectivity index (χ1n) is 7.12. The SMILES string of the molecule is COc1ccccc1C(C)NC(=O)CNc1ccc(F)c(Cl)c1. The molecule has 0 fully saturated rings. The van der Waals surface area contributed by atoms with Gasteiger partial charge in [0.1, 0.15) is 11.6 Å². The second kappa shape index (κ2) is 7.83. The number of rotatable bonds is 6. The van der Waals surface area contributed by atoms with Crippen molar-refractivity contribution in [2.24, 2.45) is 0 Å². The van der Waals surface area contributed by atoms with Gasteiger partial charge in [-0.1, -0.05) is 29.8 Å². The number of ether oxygens (including phenoxy) is 1. The van der Waals surface area contributed by atoms with Gasteiger partial charge in [-0.25, -0.2) is 4.39 Å². The van der Waals surface area contributed by atoms with Crippen molar-refractivity contribution in [2.75, 3.05) is 19.0 Å². The van der Waals surface area contributed by atoms with E-state index < -0.39 is 5.82 Å². The van der Waals surface area contributed by atoms with E-state index in [2.05, 4.69) is 10.6 Å². The number of hydrogen-bond donors (Lipinski definition) is 2. The van der Waals surface area contributed by atoms with Crippen LogP contribution in [0.5, 0.6) is 5.75 Å². The van der Waals surface area contributed by atoms with Crippen molar-refractivity contribution in [1.29, 1.82) is 0 Å². The Labute approximate surface area is 139 Å². The molecular formula is C17H18ClFN2O2. The van der Waals surface area contributed by atoms with Gasteiger partial charge in [0, 0.05) is 11.3 Å². The highest BCUT2D eigenvalue weighted by atomic mass is 35.5. The molecule has 2 aromatic rings. The number of benzene rings is 2.